The Labute approximate surface area is 101 Å². The Morgan fingerprint density at radius 1 is 1.35 bits per heavy atom. The van der Waals surface area contributed by atoms with Gasteiger partial charge in [-0.05, 0) is 30.5 Å². The maximum absolute atomic E-state index is 12.8. The third kappa shape index (κ3) is 4.02. The second-order valence-corrected chi connectivity index (χ2v) is 4.20. The number of hydrogen-bond acceptors (Lipinski definition) is 2. The second-order valence-electron chi connectivity index (χ2n) is 4.20. The summed E-state index contributed by atoms with van der Waals surface area (Å²) in [6.07, 6.45) is 1.68. The molecule has 0 aliphatic heterocycles. The van der Waals surface area contributed by atoms with Gasteiger partial charge in [-0.25, -0.2) is 9.18 Å². The van der Waals surface area contributed by atoms with Gasteiger partial charge in [0.1, 0.15) is 5.82 Å². The highest BCUT2D eigenvalue weighted by Gasteiger charge is 2.13. The standard InChI is InChI=1S/C14H17FO2/c1-4-13(14(16)17-9-10(2)3)11-5-7-12(15)8-6-11/h4-8,10H,9H2,1-3H3/b13-4+. The minimum Gasteiger partial charge on any atom is -0.462 e. The molecule has 0 saturated heterocycles. The molecule has 2 nitrogen and oxygen atoms in total. The Morgan fingerprint density at radius 2 is 1.94 bits per heavy atom. The molecule has 17 heavy (non-hydrogen) atoms. The zero-order valence-electron chi connectivity index (χ0n) is 10.4. The first kappa shape index (κ1) is 13.4. The lowest BCUT2D eigenvalue weighted by atomic mass is 10.1. The van der Waals surface area contributed by atoms with E-state index in [1.807, 2.05) is 13.8 Å². The summed E-state index contributed by atoms with van der Waals surface area (Å²) in [4.78, 5) is 11.8. The van der Waals surface area contributed by atoms with Crippen molar-refractivity contribution >= 4 is 11.5 Å². The van der Waals surface area contributed by atoms with Crippen LogP contribution in [0.15, 0.2) is 30.3 Å². The molecule has 0 heterocycles. The maximum Gasteiger partial charge on any atom is 0.338 e. The van der Waals surface area contributed by atoms with E-state index in [9.17, 15) is 9.18 Å². The molecular formula is C14H17FO2. The number of hydrogen-bond donors (Lipinski definition) is 0. The van der Waals surface area contributed by atoms with Crippen LogP contribution in [-0.4, -0.2) is 12.6 Å². The zero-order chi connectivity index (χ0) is 12.8. The third-order valence-electron chi connectivity index (χ3n) is 2.21. The van der Waals surface area contributed by atoms with Crippen molar-refractivity contribution < 1.29 is 13.9 Å². The average molecular weight is 236 g/mol. The Balaban J connectivity index is 2.78. The monoisotopic (exact) mass is 236 g/mol. The molecule has 0 radical (unpaired) electrons. The largest absolute Gasteiger partial charge is 0.462 e. The van der Waals surface area contributed by atoms with Gasteiger partial charge in [0.2, 0.25) is 0 Å². The molecule has 0 amide bonds. The number of esters is 1. The summed E-state index contributed by atoms with van der Waals surface area (Å²) in [7, 11) is 0. The van der Waals surface area contributed by atoms with Gasteiger partial charge in [-0.1, -0.05) is 32.1 Å². The van der Waals surface area contributed by atoms with Crippen LogP contribution in [0.2, 0.25) is 0 Å². The molecule has 0 spiro atoms. The number of benzene rings is 1. The topological polar surface area (TPSA) is 26.3 Å². The van der Waals surface area contributed by atoms with Gasteiger partial charge in [0.15, 0.2) is 0 Å². The summed E-state index contributed by atoms with van der Waals surface area (Å²) >= 11 is 0. The van der Waals surface area contributed by atoms with E-state index < -0.39 is 0 Å². The minimum atomic E-state index is -0.368. The maximum atomic E-state index is 12.8. The smallest absolute Gasteiger partial charge is 0.338 e. The highest BCUT2D eigenvalue weighted by Crippen LogP contribution is 2.17. The predicted molar refractivity (Wildman–Crippen MR) is 65.8 cm³/mol. The molecule has 0 N–H and O–H groups in total. The Bertz CT molecular complexity index is 405. The van der Waals surface area contributed by atoms with Crippen molar-refractivity contribution in [1.29, 1.82) is 0 Å². The van der Waals surface area contributed by atoms with Crippen LogP contribution in [-0.2, 0) is 9.53 Å². The van der Waals surface area contributed by atoms with Crippen molar-refractivity contribution in [2.45, 2.75) is 20.8 Å². The van der Waals surface area contributed by atoms with Gasteiger partial charge in [0, 0.05) is 0 Å². The summed E-state index contributed by atoms with van der Waals surface area (Å²) in [6, 6.07) is 5.80. The van der Waals surface area contributed by atoms with E-state index in [2.05, 4.69) is 0 Å². The summed E-state index contributed by atoms with van der Waals surface area (Å²) in [6.45, 7) is 6.09. The van der Waals surface area contributed by atoms with Crippen molar-refractivity contribution in [3.63, 3.8) is 0 Å². The number of carbonyl (C=O) groups is 1. The third-order valence-corrected chi connectivity index (χ3v) is 2.21. The van der Waals surface area contributed by atoms with Crippen LogP contribution in [0.1, 0.15) is 26.3 Å². The molecule has 0 bridgehead atoms. The van der Waals surface area contributed by atoms with E-state index >= 15 is 0 Å². The molecule has 3 heteroatoms. The van der Waals surface area contributed by atoms with Gasteiger partial charge in [0.05, 0.1) is 12.2 Å². The van der Waals surface area contributed by atoms with E-state index in [-0.39, 0.29) is 11.8 Å². The molecule has 1 rings (SSSR count). The molecular weight excluding hydrogens is 219 g/mol. The van der Waals surface area contributed by atoms with E-state index in [1.54, 1.807) is 25.1 Å². The van der Waals surface area contributed by atoms with Crippen LogP contribution < -0.4 is 0 Å². The summed E-state index contributed by atoms with van der Waals surface area (Å²) in [5.74, 6) is -0.391. The van der Waals surface area contributed by atoms with Crippen molar-refractivity contribution in [2.24, 2.45) is 5.92 Å². The van der Waals surface area contributed by atoms with Gasteiger partial charge < -0.3 is 4.74 Å². The van der Waals surface area contributed by atoms with Gasteiger partial charge in [-0.15, -0.1) is 0 Å². The molecule has 0 unspecified atom stereocenters. The van der Waals surface area contributed by atoms with Crippen molar-refractivity contribution in [2.75, 3.05) is 6.61 Å². The zero-order valence-corrected chi connectivity index (χ0v) is 10.4. The summed E-state index contributed by atoms with van der Waals surface area (Å²) in [5.41, 5.74) is 1.13. The molecule has 92 valence electrons. The summed E-state index contributed by atoms with van der Waals surface area (Å²) < 4.78 is 17.9. The lowest BCUT2D eigenvalue weighted by Gasteiger charge is -2.09. The SMILES string of the molecule is C/C=C(/C(=O)OCC(C)C)c1ccc(F)cc1. The highest BCUT2D eigenvalue weighted by molar-refractivity contribution is 6.16. The van der Waals surface area contributed by atoms with Crippen molar-refractivity contribution in [3.8, 4) is 0 Å². The van der Waals surface area contributed by atoms with Crippen LogP contribution in [0.25, 0.3) is 5.57 Å². The minimum absolute atomic E-state index is 0.297. The van der Waals surface area contributed by atoms with E-state index in [1.165, 1.54) is 12.1 Å². The van der Waals surface area contributed by atoms with Crippen LogP contribution in [0.4, 0.5) is 4.39 Å². The molecule has 0 fully saturated rings. The van der Waals surface area contributed by atoms with Gasteiger partial charge >= 0.3 is 5.97 Å². The normalized spacial score (nSPS) is 11.7. The Kier molecular flexibility index (Phi) is 4.88. The van der Waals surface area contributed by atoms with Crippen molar-refractivity contribution in [1.82, 2.24) is 0 Å². The van der Waals surface area contributed by atoms with E-state index in [0.717, 1.165) is 0 Å². The van der Waals surface area contributed by atoms with Gasteiger partial charge in [0.25, 0.3) is 0 Å². The number of allylic oxidation sites excluding steroid dienone is 1. The van der Waals surface area contributed by atoms with Crippen LogP contribution >= 0.6 is 0 Å². The highest BCUT2D eigenvalue weighted by atomic mass is 19.1. The lowest BCUT2D eigenvalue weighted by molar-refractivity contribution is -0.137. The molecule has 1 aromatic rings. The fraction of sp³-hybridized carbons (Fsp3) is 0.357. The molecule has 0 aliphatic carbocycles. The first-order valence-corrected chi connectivity index (χ1v) is 5.64. The molecule has 0 saturated carbocycles. The number of halogens is 1. The van der Waals surface area contributed by atoms with Crippen molar-refractivity contribution in [3.05, 3.63) is 41.7 Å². The first-order chi connectivity index (χ1) is 8.04. The molecule has 0 aromatic heterocycles. The van der Waals surface area contributed by atoms with Crippen LogP contribution in [0, 0.1) is 11.7 Å². The quantitative estimate of drug-likeness (QED) is 0.591. The lowest BCUT2D eigenvalue weighted by Crippen LogP contribution is -2.11. The first-order valence-electron chi connectivity index (χ1n) is 5.64. The fourth-order valence-electron chi connectivity index (χ4n) is 1.35. The van der Waals surface area contributed by atoms with Gasteiger partial charge in [-0.3, -0.25) is 0 Å². The Morgan fingerprint density at radius 3 is 2.41 bits per heavy atom. The average Bonchev–Trinajstić information content (AvgIpc) is 2.30. The number of rotatable bonds is 4. The van der Waals surface area contributed by atoms with E-state index in [4.69, 9.17) is 4.74 Å². The number of ether oxygens (including phenoxy) is 1. The molecule has 0 aliphatic rings. The molecule has 1 aromatic carbocycles. The predicted octanol–water partition coefficient (Wildman–Crippen LogP) is 3.43. The Hall–Kier alpha value is -1.64. The molecule has 0 atom stereocenters. The van der Waals surface area contributed by atoms with Gasteiger partial charge in [-0.2, -0.15) is 0 Å². The van der Waals surface area contributed by atoms with Crippen LogP contribution in [0.3, 0.4) is 0 Å². The summed E-state index contributed by atoms with van der Waals surface area (Å²) in [5, 5.41) is 0. The van der Waals surface area contributed by atoms with Crippen LogP contribution in [0.5, 0.6) is 0 Å². The number of carbonyl (C=O) groups excluding carboxylic acids is 1. The second kappa shape index (κ2) is 6.18. The fourth-order valence-corrected chi connectivity index (χ4v) is 1.35. The van der Waals surface area contributed by atoms with E-state index in [0.29, 0.717) is 23.7 Å².